The van der Waals surface area contributed by atoms with Gasteiger partial charge in [0, 0.05) is 70.7 Å². The lowest BCUT2D eigenvalue weighted by Crippen LogP contribution is -2.47. The molecule has 5 aromatic rings. The summed E-state index contributed by atoms with van der Waals surface area (Å²) in [6.45, 7) is 1.56. The number of hydrogen-bond acceptors (Lipinski definition) is 2. The van der Waals surface area contributed by atoms with E-state index in [1.807, 2.05) is 17.0 Å². The number of nitrogens with one attached hydrogen (secondary N) is 2. The van der Waals surface area contributed by atoms with Crippen LogP contribution in [0.5, 0.6) is 0 Å². The van der Waals surface area contributed by atoms with Crippen LogP contribution in [0.1, 0.15) is 30.4 Å². The summed E-state index contributed by atoms with van der Waals surface area (Å²) in [7, 11) is 0. The number of nitrogens with zero attached hydrogens (tertiary/aromatic N) is 2. The number of benzene rings is 3. The molecule has 2 aliphatic rings. The number of para-hydroxylation sites is 2. The minimum atomic E-state index is -0.395. The fourth-order valence-corrected chi connectivity index (χ4v) is 7.30. The van der Waals surface area contributed by atoms with Crippen LogP contribution in [-0.4, -0.2) is 46.3 Å². The summed E-state index contributed by atoms with van der Waals surface area (Å²) in [6.07, 6.45) is 6.05. The van der Waals surface area contributed by atoms with Gasteiger partial charge in [-0.3, -0.25) is 9.59 Å². The molecule has 202 valence electrons. The standard InChI is InChI=1S/C32H28Cl2N4O2/c33-21-9-10-29(26(34)16-21)38-19-20(15-30(38)39)31(40)37-13-11-32(12-14-37,24-17-35-27-7-3-1-5-22(24)27)25-18-36-28-8-4-2-6-23(25)28/h1-10,16-18,20,35-36H,11-15,19H2/t20-/m0/s1. The number of rotatable bonds is 4. The van der Waals surface area contributed by atoms with Gasteiger partial charge in [0.2, 0.25) is 11.8 Å². The second-order valence-corrected chi connectivity index (χ2v) is 11.7. The lowest BCUT2D eigenvalue weighted by atomic mass is 9.67. The van der Waals surface area contributed by atoms with Gasteiger partial charge in [0.05, 0.1) is 16.6 Å². The molecule has 0 unspecified atom stereocenters. The summed E-state index contributed by atoms with van der Waals surface area (Å²) in [6, 6.07) is 21.9. The normalized spacial score (nSPS) is 19.1. The van der Waals surface area contributed by atoms with Crippen LogP contribution in [-0.2, 0) is 15.0 Å². The number of carbonyl (C=O) groups is 2. The SMILES string of the molecule is O=C([C@H]1CC(=O)N(c2ccc(Cl)cc2Cl)C1)N1CCC(c2c[nH]c3ccccc23)(c2c[nH]c3ccccc23)CC1. The molecule has 2 N–H and O–H groups in total. The second kappa shape index (κ2) is 9.72. The van der Waals surface area contributed by atoms with Crippen LogP contribution in [0, 0.1) is 5.92 Å². The van der Waals surface area contributed by atoms with Crippen LogP contribution in [0.25, 0.3) is 21.8 Å². The highest BCUT2D eigenvalue weighted by Gasteiger charge is 2.44. The van der Waals surface area contributed by atoms with Crippen molar-refractivity contribution in [2.75, 3.05) is 24.5 Å². The average Bonchev–Trinajstić information content (AvgIpc) is 3.70. The molecule has 2 fully saturated rings. The molecule has 0 radical (unpaired) electrons. The van der Waals surface area contributed by atoms with Crippen molar-refractivity contribution in [1.82, 2.24) is 14.9 Å². The average molecular weight is 572 g/mol. The lowest BCUT2D eigenvalue weighted by molar-refractivity contribution is -0.137. The molecule has 3 aromatic carbocycles. The molecule has 7 rings (SSSR count). The van der Waals surface area contributed by atoms with Crippen molar-refractivity contribution in [2.45, 2.75) is 24.7 Å². The first-order valence-electron chi connectivity index (χ1n) is 13.6. The highest BCUT2D eigenvalue weighted by Crippen LogP contribution is 2.47. The summed E-state index contributed by atoms with van der Waals surface area (Å²) in [5.41, 5.74) is 5.09. The van der Waals surface area contributed by atoms with Gasteiger partial charge in [-0.1, -0.05) is 59.6 Å². The number of aromatic nitrogens is 2. The third-order valence-corrected chi connectivity index (χ3v) is 9.35. The highest BCUT2D eigenvalue weighted by molar-refractivity contribution is 6.36. The van der Waals surface area contributed by atoms with E-state index in [-0.39, 0.29) is 23.7 Å². The zero-order valence-corrected chi connectivity index (χ0v) is 23.3. The Bertz CT molecular complexity index is 1690. The van der Waals surface area contributed by atoms with Crippen LogP contribution in [0.2, 0.25) is 10.0 Å². The molecule has 40 heavy (non-hydrogen) atoms. The van der Waals surface area contributed by atoms with Crippen molar-refractivity contribution in [3.05, 3.63) is 100 Å². The van der Waals surface area contributed by atoms with Crippen LogP contribution >= 0.6 is 23.2 Å². The molecule has 6 nitrogen and oxygen atoms in total. The van der Waals surface area contributed by atoms with Gasteiger partial charge in [0.1, 0.15) is 0 Å². The van der Waals surface area contributed by atoms with Gasteiger partial charge in [0.25, 0.3) is 0 Å². The molecule has 8 heteroatoms. The number of aromatic amines is 2. The molecule has 1 atom stereocenters. The van der Waals surface area contributed by atoms with E-state index >= 15 is 0 Å². The van der Waals surface area contributed by atoms with Crippen LogP contribution < -0.4 is 4.90 Å². The Balaban J connectivity index is 1.18. The van der Waals surface area contributed by atoms with E-state index in [9.17, 15) is 9.59 Å². The first-order valence-corrected chi connectivity index (χ1v) is 14.4. The van der Waals surface area contributed by atoms with Crippen molar-refractivity contribution in [3.8, 4) is 0 Å². The number of halogens is 2. The van der Waals surface area contributed by atoms with E-state index in [1.54, 1.807) is 23.1 Å². The van der Waals surface area contributed by atoms with Crippen LogP contribution in [0.3, 0.4) is 0 Å². The van der Waals surface area contributed by atoms with Gasteiger partial charge in [-0.15, -0.1) is 0 Å². The second-order valence-electron chi connectivity index (χ2n) is 10.9. The topological polar surface area (TPSA) is 72.2 Å². The Hall–Kier alpha value is -3.74. The summed E-state index contributed by atoms with van der Waals surface area (Å²) in [5, 5.41) is 3.35. The van der Waals surface area contributed by atoms with E-state index in [0.717, 1.165) is 23.9 Å². The van der Waals surface area contributed by atoms with E-state index in [4.69, 9.17) is 23.2 Å². The Labute approximate surface area is 241 Å². The number of H-pyrrole nitrogens is 2. The number of fused-ring (bicyclic) bond motifs is 2. The summed E-state index contributed by atoms with van der Waals surface area (Å²) in [5.74, 6) is -0.452. The van der Waals surface area contributed by atoms with Crippen molar-refractivity contribution >= 4 is 62.5 Å². The van der Waals surface area contributed by atoms with Crippen LogP contribution in [0.4, 0.5) is 5.69 Å². The molecule has 0 spiro atoms. The summed E-state index contributed by atoms with van der Waals surface area (Å²) >= 11 is 12.4. The smallest absolute Gasteiger partial charge is 0.228 e. The molecular weight excluding hydrogens is 543 g/mol. The quantitative estimate of drug-likeness (QED) is 0.246. The highest BCUT2D eigenvalue weighted by atomic mass is 35.5. The zero-order chi connectivity index (χ0) is 27.4. The third kappa shape index (κ3) is 4.01. The Morgan fingerprint density at radius 3 is 2.05 bits per heavy atom. The lowest BCUT2D eigenvalue weighted by Gasteiger charge is -2.43. The largest absolute Gasteiger partial charge is 0.361 e. The molecule has 0 aliphatic carbocycles. The van der Waals surface area contributed by atoms with Gasteiger partial charge in [-0.05, 0) is 54.3 Å². The predicted octanol–water partition coefficient (Wildman–Crippen LogP) is 6.92. The minimum Gasteiger partial charge on any atom is -0.361 e. The Morgan fingerprint density at radius 1 is 0.850 bits per heavy atom. The molecule has 2 aromatic heterocycles. The molecular formula is C32H28Cl2N4O2. The predicted molar refractivity (Wildman–Crippen MR) is 160 cm³/mol. The minimum absolute atomic E-state index is 0.0346. The Morgan fingerprint density at radius 2 is 1.45 bits per heavy atom. The fraction of sp³-hybridized carbons (Fsp3) is 0.250. The van der Waals surface area contributed by atoms with E-state index < -0.39 is 5.92 Å². The summed E-state index contributed by atoms with van der Waals surface area (Å²) < 4.78 is 0. The fourth-order valence-electron chi connectivity index (χ4n) is 6.79. The van der Waals surface area contributed by atoms with Crippen molar-refractivity contribution in [2.24, 2.45) is 5.92 Å². The number of hydrogen-bond donors (Lipinski definition) is 2. The molecule has 2 aliphatic heterocycles. The maximum atomic E-state index is 13.8. The van der Waals surface area contributed by atoms with E-state index in [0.29, 0.717) is 35.4 Å². The maximum Gasteiger partial charge on any atom is 0.228 e. The molecule has 2 saturated heterocycles. The van der Waals surface area contributed by atoms with Gasteiger partial charge >= 0.3 is 0 Å². The van der Waals surface area contributed by atoms with E-state index in [1.165, 1.54) is 21.9 Å². The van der Waals surface area contributed by atoms with Gasteiger partial charge in [-0.25, -0.2) is 0 Å². The van der Waals surface area contributed by atoms with Crippen molar-refractivity contribution in [3.63, 3.8) is 0 Å². The molecule has 2 amide bonds. The maximum absolute atomic E-state index is 13.8. The van der Waals surface area contributed by atoms with Gasteiger partial charge < -0.3 is 19.8 Å². The molecule has 4 heterocycles. The number of anilines is 1. The number of carbonyl (C=O) groups excluding carboxylic acids is 2. The number of piperidine rings is 1. The van der Waals surface area contributed by atoms with Crippen LogP contribution in [0.15, 0.2) is 79.1 Å². The first kappa shape index (κ1) is 25.2. The Kier molecular flexibility index (Phi) is 6.13. The molecule has 0 saturated carbocycles. The van der Waals surface area contributed by atoms with E-state index in [2.05, 4.69) is 58.8 Å². The zero-order valence-electron chi connectivity index (χ0n) is 21.8. The third-order valence-electron chi connectivity index (χ3n) is 8.81. The van der Waals surface area contributed by atoms with Crippen molar-refractivity contribution < 1.29 is 9.59 Å². The molecule has 0 bridgehead atoms. The van der Waals surface area contributed by atoms with Gasteiger partial charge in [0.15, 0.2) is 0 Å². The monoisotopic (exact) mass is 570 g/mol. The van der Waals surface area contributed by atoms with Gasteiger partial charge in [-0.2, -0.15) is 0 Å². The number of amides is 2. The van der Waals surface area contributed by atoms with Crippen molar-refractivity contribution in [1.29, 1.82) is 0 Å². The number of likely N-dealkylation sites (tertiary alicyclic amines) is 1. The first-order chi connectivity index (χ1) is 19.4. The summed E-state index contributed by atoms with van der Waals surface area (Å²) in [4.78, 5) is 37.2.